The van der Waals surface area contributed by atoms with E-state index in [4.69, 9.17) is 0 Å². The maximum absolute atomic E-state index is 13.3. The van der Waals surface area contributed by atoms with E-state index in [9.17, 15) is 87.8 Å². The predicted octanol–water partition coefficient (Wildman–Crippen LogP) is 26.9. The van der Waals surface area contributed by atoms with Crippen LogP contribution in [-0.4, -0.2) is 44.7 Å². The lowest BCUT2D eigenvalue weighted by Gasteiger charge is -2.14. The van der Waals surface area contributed by atoms with Gasteiger partial charge >= 0.3 is 0 Å². The molecule has 0 heterocycles. The van der Waals surface area contributed by atoms with Crippen molar-refractivity contribution in [3.05, 3.63) is 354 Å². The van der Waals surface area contributed by atoms with E-state index < -0.39 is 123 Å². The van der Waals surface area contributed by atoms with Crippen LogP contribution in [0.2, 0.25) is 0 Å². The highest BCUT2D eigenvalue weighted by Gasteiger charge is 2.18. The van der Waals surface area contributed by atoms with Gasteiger partial charge in [0.1, 0.15) is 81.4 Å². The molecule has 2 nitrogen and oxygen atoms in total. The van der Waals surface area contributed by atoms with Crippen LogP contribution in [-0.2, 0) is 32.1 Å². The van der Waals surface area contributed by atoms with E-state index in [-0.39, 0.29) is 165 Å². The number of rotatable bonds is 12. The summed E-state index contributed by atoms with van der Waals surface area (Å²) in [6, 6.07) is 32.9. The van der Waals surface area contributed by atoms with Crippen LogP contribution >= 0.6 is 0 Å². The maximum atomic E-state index is 13.3. The Morgan fingerprint density at radius 3 is 0.721 bits per heavy atom. The quantitative estimate of drug-likeness (QED) is 0.0888. The molecule has 10 rings (SSSR count). The fourth-order valence-electron chi connectivity index (χ4n) is 8.35. The molecule has 104 heavy (non-hydrogen) atoms. The van der Waals surface area contributed by atoms with Crippen LogP contribution in [0.1, 0.15) is 145 Å². The SMILES string of the molecule is C.C.C.C.C.C.C.C.C.C.C.C.CN(C)CN(C)C.Fc1ccc(Cc2c(F)cccc2F)c(F)c1.Fc1ccc(Cc2ccc(F)c(F)c2)c(F)c1.Fc1ccc(Cc2ccc(F)cc2F)c(F)c1.Fc1cccc(Cc2cccc(F)c2F)c1F.Fc1cccc(F)c1Cc1c(F)cccc1F. The summed E-state index contributed by atoms with van der Waals surface area (Å²) in [5.74, 6) is -16.5. The molecule has 10 aromatic rings. The Hall–Kier alpha value is -9.28. The zero-order chi connectivity index (χ0) is 67.9. The molecule has 0 aliphatic heterocycles. The van der Waals surface area contributed by atoms with E-state index in [2.05, 4.69) is 38.0 Å². The van der Waals surface area contributed by atoms with Crippen molar-refractivity contribution in [1.82, 2.24) is 9.80 Å². The Morgan fingerprint density at radius 2 is 0.452 bits per heavy atom. The topological polar surface area (TPSA) is 6.48 Å². The van der Waals surface area contributed by atoms with Crippen LogP contribution in [0.5, 0.6) is 0 Å². The van der Waals surface area contributed by atoms with E-state index in [0.717, 1.165) is 110 Å². The fourth-order valence-corrected chi connectivity index (χ4v) is 8.35. The van der Waals surface area contributed by atoms with Crippen LogP contribution in [0.4, 0.5) is 87.8 Å². The molecule has 22 heteroatoms. The monoisotopic (exact) mass is 1490 g/mol. The molecule has 0 aliphatic rings. The Kier molecular flexibility index (Phi) is 56.9. The Labute approximate surface area is 605 Å². The van der Waals surface area contributed by atoms with Gasteiger partial charge < -0.3 is 0 Å². The molecule has 0 saturated heterocycles. The van der Waals surface area contributed by atoms with Gasteiger partial charge in [-0.25, -0.2) is 87.8 Å². The smallest absolute Gasteiger partial charge is 0.162 e. The average molecular weight is 1500 g/mol. The highest BCUT2D eigenvalue weighted by molar-refractivity contribution is 5.34. The molecule has 0 amide bonds. The third-order valence-corrected chi connectivity index (χ3v) is 12.7. The minimum atomic E-state index is -1.03. The van der Waals surface area contributed by atoms with Gasteiger partial charge in [0.2, 0.25) is 0 Å². The molecule has 0 atom stereocenters. The van der Waals surface area contributed by atoms with Crippen LogP contribution in [0.3, 0.4) is 0 Å². The van der Waals surface area contributed by atoms with Gasteiger partial charge in [0, 0.05) is 79.7 Å². The molecule has 0 N–H and O–H groups in total. The Balaban J connectivity index is -0.000000175. The van der Waals surface area contributed by atoms with Crippen molar-refractivity contribution in [1.29, 1.82) is 0 Å². The molecular weight excluding hydrogens is 1390 g/mol. The largest absolute Gasteiger partial charge is 0.297 e. The normalized spacial score (nSPS) is 9.40. The van der Waals surface area contributed by atoms with Gasteiger partial charge in [0.05, 0.1) is 0 Å². The van der Waals surface area contributed by atoms with Gasteiger partial charge in [-0.3, -0.25) is 9.80 Å². The van der Waals surface area contributed by atoms with Crippen LogP contribution in [0.25, 0.3) is 0 Å². The first-order chi connectivity index (χ1) is 43.5. The number of benzene rings is 10. The Bertz CT molecular complexity index is 3850. The third-order valence-electron chi connectivity index (χ3n) is 12.7. The van der Waals surface area contributed by atoms with Crippen molar-refractivity contribution in [3.63, 3.8) is 0 Å². The second-order valence-electron chi connectivity index (χ2n) is 20.4. The molecule has 0 aromatic heterocycles. The van der Waals surface area contributed by atoms with Crippen molar-refractivity contribution in [2.24, 2.45) is 0 Å². The van der Waals surface area contributed by atoms with Crippen LogP contribution in [0, 0.1) is 116 Å². The molecule has 0 bridgehead atoms. The third kappa shape index (κ3) is 34.8. The summed E-state index contributed by atoms with van der Waals surface area (Å²) in [6.07, 6.45) is -0.837. The maximum Gasteiger partial charge on any atom is 0.162 e. The lowest BCUT2D eigenvalue weighted by molar-refractivity contribution is 0.245. The molecule has 0 unspecified atom stereocenters. The van der Waals surface area contributed by atoms with Crippen molar-refractivity contribution in [3.8, 4) is 0 Å². The molecule has 0 radical (unpaired) electrons. The lowest BCUT2D eigenvalue weighted by Crippen LogP contribution is -2.26. The molecule has 580 valence electrons. The number of hydrogen-bond acceptors (Lipinski definition) is 2. The molecular formula is C82H102F20N2. The Morgan fingerprint density at radius 1 is 0.202 bits per heavy atom. The van der Waals surface area contributed by atoms with Gasteiger partial charge in [0.15, 0.2) is 34.9 Å². The van der Waals surface area contributed by atoms with E-state index >= 15 is 0 Å². The zero-order valence-corrected chi connectivity index (χ0v) is 49.0. The molecule has 0 fully saturated rings. The van der Waals surface area contributed by atoms with Crippen LogP contribution in [0.15, 0.2) is 182 Å². The summed E-state index contributed by atoms with van der Waals surface area (Å²) in [5, 5.41) is 0. The standard InChI is InChI=1S/5C13H8F4.C5H14N2.12CH4/c14-10-3-2-9(12(16)7-10)5-8-1-4-11(15)13(17)6-8;14-10-3-1-8(12(16)6-10)5-9-2-4-11(15)7-13(9)17;14-10-5-1-3-8(12(10)16)7-9-4-2-6-11(15)13(9)17;14-10-3-1-4-11(15)8(10)7-9-12(16)5-2-6-13(9)17;14-9-5-4-8(13(17)7-9)6-10-11(15)2-1-3-12(10)16;1-6(2)5-7(3)4;;;;;;;;;;;;/h2*1-4,6-7H,5H2;2*1-6H,7H2;1-5,7H,6H2;5H2,1-4H3;12*1H4. The van der Waals surface area contributed by atoms with Crippen molar-refractivity contribution >= 4 is 0 Å². The van der Waals surface area contributed by atoms with Gasteiger partial charge in [-0.1, -0.05) is 162 Å². The first kappa shape index (κ1) is 111. The number of halogens is 20. The van der Waals surface area contributed by atoms with Crippen LogP contribution < -0.4 is 0 Å². The number of hydrogen-bond donors (Lipinski definition) is 0. The van der Waals surface area contributed by atoms with Crippen molar-refractivity contribution in [2.75, 3.05) is 34.9 Å². The lowest BCUT2D eigenvalue weighted by atomic mass is 10.0. The summed E-state index contributed by atoms with van der Waals surface area (Å²) < 4.78 is 262. The fraction of sp³-hybridized carbons (Fsp3) is 0.268. The summed E-state index contributed by atoms with van der Waals surface area (Å²) in [7, 11) is 8.22. The van der Waals surface area contributed by atoms with E-state index in [1.54, 1.807) is 0 Å². The highest BCUT2D eigenvalue weighted by atomic mass is 19.2. The van der Waals surface area contributed by atoms with E-state index in [0.29, 0.717) is 11.6 Å². The minimum Gasteiger partial charge on any atom is -0.297 e. The van der Waals surface area contributed by atoms with Gasteiger partial charge in [-0.15, -0.1) is 0 Å². The summed E-state index contributed by atoms with van der Waals surface area (Å²) >= 11 is 0. The molecule has 0 saturated carbocycles. The average Bonchev–Trinajstić information content (AvgIpc) is 0.851. The summed E-state index contributed by atoms with van der Waals surface area (Å²) in [5.41, 5.74) is 0.131. The molecule has 10 aromatic carbocycles. The first-order valence-electron chi connectivity index (χ1n) is 27.1. The van der Waals surface area contributed by atoms with Crippen molar-refractivity contribution < 1.29 is 87.8 Å². The molecule has 0 spiro atoms. The zero-order valence-electron chi connectivity index (χ0n) is 49.0. The van der Waals surface area contributed by atoms with Gasteiger partial charge in [0.25, 0.3) is 0 Å². The van der Waals surface area contributed by atoms with E-state index in [1.165, 1.54) is 72.8 Å². The summed E-state index contributed by atoms with van der Waals surface area (Å²) in [4.78, 5) is 4.25. The predicted molar refractivity (Wildman–Crippen MR) is 391 cm³/mol. The van der Waals surface area contributed by atoms with E-state index in [1.807, 2.05) is 0 Å². The second-order valence-corrected chi connectivity index (χ2v) is 20.4. The minimum absolute atomic E-state index is 0. The second kappa shape index (κ2) is 53.5. The number of nitrogens with zero attached hydrogens (tertiary/aromatic N) is 2. The molecule has 0 aliphatic carbocycles. The van der Waals surface area contributed by atoms with Gasteiger partial charge in [-0.05, 0) is 152 Å². The first-order valence-corrected chi connectivity index (χ1v) is 27.1. The summed E-state index contributed by atoms with van der Waals surface area (Å²) in [6.45, 7) is 1.03. The highest BCUT2D eigenvalue weighted by Crippen LogP contribution is 2.25. The van der Waals surface area contributed by atoms with Gasteiger partial charge in [-0.2, -0.15) is 0 Å². The van der Waals surface area contributed by atoms with Crippen molar-refractivity contribution in [2.45, 2.75) is 121 Å².